The minimum Gasteiger partial charge on any atom is -0.399 e. The number of nitrogens with two attached hydrogens (primary N) is 1. The van der Waals surface area contributed by atoms with Gasteiger partial charge in [0.25, 0.3) is 0 Å². The Bertz CT molecular complexity index is 813. The van der Waals surface area contributed by atoms with E-state index in [-0.39, 0.29) is 7.43 Å². The van der Waals surface area contributed by atoms with Gasteiger partial charge in [-0.15, -0.1) is 0 Å². The van der Waals surface area contributed by atoms with Gasteiger partial charge in [-0.3, -0.25) is 0 Å². The van der Waals surface area contributed by atoms with E-state index in [4.69, 9.17) is 5.73 Å². The molecule has 0 fully saturated rings. The van der Waals surface area contributed by atoms with Gasteiger partial charge in [-0.2, -0.15) is 10.2 Å². The molecule has 4 rings (SSSR count). The Morgan fingerprint density at radius 2 is 1.17 bits per heavy atom. The fraction of sp³-hybridized carbons (Fsp3) is 0.200. The SMILES string of the molecule is C.Cc1ccc(Cn2cncn2)cc1.II.Nc1ccc(Cn2cncn2)cc1. The zero-order chi connectivity index (χ0) is 20.2. The second-order valence-electron chi connectivity index (χ2n) is 5.91. The van der Waals surface area contributed by atoms with E-state index in [0.29, 0.717) is 0 Å². The summed E-state index contributed by atoms with van der Waals surface area (Å²) in [4.78, 5) is 7.75. The Morgan fingerprint density at radius 1 is 0.759 bits per heavy atom. The topological polar surface area (TPSA) is 87.4 Å². The molecule has 0 radical (unpaired) electrons. The first kappa shape index (κ1) is 25.0. The number of halogens is 2. The Labute approximate surface area is 195 Å². The highest BCUT2D eigenvalue weighted by atomic mass is 128. The summed E-state index contributed by atoms with van der Waals surface area (Å²) < 4.78 is 3.58. The Balaban J connectivity index is 0.000000259. The molecule has 0 bridgehead atoms. The maximum Gasteiger partial charge on any atom is 0.137 e. The van der Waals surface area contributed by atoms with Crippen molar-refractivity contribution in [3.8, 4) is 0 Å². The molecule has 154 valence electrons. The second-order valence-corrected chi connectivity index (χ2v) is 5.91. The highest BCUT2D eigenvalue weighted by molar-refractivity contribution is 15.0. The lowest BCUT2D eigenvalue weighted by molar-refractivity contribution is 0.685. The van der Waals surface area contributed by atoms with Gasteiger partial charge < -0.3 is 5.73 Å². The summed E-state index contributed by atoms with van der Waals surface area (Å²) in [7, 11) is 0. The first-order chi connectivity index (χ1) is 13.7. The Kier molecular flexibility index (Phi) is 12.1. The molecular formula is C20H25I2N7. The number of aryl methyl sites for hydroxylation is 1. The average Bonchev–Trinajstić information content (AvgIpc) is 3.42. The van der Waals surface area contributed by atoms with Crippen LogP contribution in [0.25, 0.3) is 0 Å². The van der Waals surface area contributed by atoms with Gasteiger partial charge in [0.05, 0.1) is 13.1 Å². The van der Waals surface area contributed by atoms with Crippen molar-refractivity contribution in [3.05, 3.63) is 90.5 Å². The van der Waals surface area contributed by atoms with Crippen molar-refractivity contribution in [2.75, 3.05) is 5.73 Å². The van der Waals surface area contributed by atoms with E-state index in [1.165, 1.54) is 23.0 Å². The Morgan fingerprint density at radius 3 is 1.55 bits per heavy atom. The van der Waals surface area contributed by atoms with Crippen LogP contribution in [0.2, 0.25) is 0 Å². The molecule has 0 aliphatic carbocycles. The van der Waals surface area contributed by atoms with Crippen LogP contribution in [0.5, 0.6) is 0 Å². The van der Waals surface area contributed by atoms with Crippen LogP contribution in [0.3, 0.4) is 0 Å². The number of nitrogens with zero attached hydrogens (tertiary/aromatic N) is 6. The van der Waals surface area contributed by atoms with E-state index in [0.717, 1.165) is 18.8 Å². The molecule has 7 nitrogen and oxygen atoms in total. The van der Waals surface area contributed by atoms with E-state index >= 15 is 0 Å². The van der Waals surface area contributed by atoms with Gasteiger partial charge in [-0.25, -0.2) is 19.3 Å². The van der Waals surface area contributed by atoms with Gasteiger partial charge in [0.2, 0.25) is 0 Å². The number of rotatable bonds is 4. The van der Waals surface area contributed by atoms with E-state index in [9.17, 15) is 0 Å². The van der Waals surface area contributed by atoms with Gasteiger partial charge >= 0.3 is 0 Å². The van der Waals surface area contributed by atoms with Gasteiger partial charge in [-0.05, 0) is 30.2 Å². The summed E-state index contributed by atoms with van der Waals surface area (Å²) in [6, 6.07) is 16.2. The van der Waals surface area contributed by atoms with Crippen molar-refractivity contribution in [2.24, 2.45) is 0 Å². The fourth-order valence-electron chi connectivity index (χ4n) is 2.32. The third-order valence-electron chi connectivity index (χ3n) is 3.72. The molecule has 0 spiro atoms. The number of nitrogen functional groups attached to an aromatic ring is 1. The third kappa shape index (κ3) is 9.35. The van der Waals surface area contributed by atoms with Crippen molar-refractivity contribution in [1.29, 1.82) is 0 Å². The van der Waals surface area contributed by atoms with Gasteiger partial charge in [0, 0.05) is 42.9 Å². The number of aromatic nitrogens is 6. The molecule has 4 aromatic rings. The van der Waals surface area contributed by atoms with Crippen molar-refractivity contribution in [1.82, 2.24) is 29.5 Å². The first-order valence-corrected chi connectivity index (χ1v) is 14.7. The molecule has 0 saturated carbocycles. The summed E-state index contributed by atoms with van der Waals surface area (Å²) >= 11 is 4.24. The molecule has 2 aromatic heterocycles. The minimum absolute atomic E-state index is 0. The monoisotopic (exact) mass is 617 g/mol. The highest BCUT2D eigenvalue weighted by Gasteiger charge is 1.95. The largest absolute Gasteiger partial charge is 0.399 e. The molecule has 0 saturated heterocycles. The number of hydrogen-bond acceptors (Lipinski definition) is 5. The van der Waals surface area contributed by atoms with Crippen molar-refractivity contribution >= 4 is 42.9 Å². The standard InChI is InChI=1S/C10H11N3.C9H10N4.CH4.I2/c1-9-2-4-10(5-3-9)6-13-8-11-7-12-13;10-9-3-1-8(2-4-9)5-13-7-11-6-12-13;;1-2/h2-5,7-8H,6H2,1H3;1-4,6-7H,5,10H2;1H4;. The van der Waals surface area contributed by atoms with Crippen LogP contribution in [-0.2, 0) is 13.1 Å². The molecule has 2 N–H and O–H groups in total. The molecule has 0 aliphatic heterocycles. The van der Waals surface area contributed by atoms with Crippen molar-refractivity contribution < 1.29 is 0 Å². The van der Waals surface area contributed by atoms with Crippen LogP contribution < -0.4 is 5.73 Å². The number of anilines is 1. The zero-order valence-electron chi connectivity index (χ0n) is 15.4. The predicted octanol–water partition coefficient (Wildman–Crippen LogP) is 4.95. The Hall–Kier alpha value is -2.02. The zero-order valence-corrected chi connectivity index (χ0v) is 19.7. The third-order valence-corrected chi connectivity index (χ3v) is 3.72. The van der Waals surface area contributed by atoms with Crippen LogP contribution in [0, 0.1) is 6.92 Å². The predicted molar refractivity (Wildman–Crippen MR) is 135 cm³/mol. The van der Waals surface area contributed by atoms with Gasteiger partial charge in [0.1, 0.15) is 25.3 Å². The van der Waals surface area contributed by atoms with Gasteiger partial charge in [-0.1, -0.05) is 49.4 Å². The van der Waals surface area contributed by atoms with Crippen molar-refractivity contribution in [2.45, 2.75) is 27.4 Å². The van der Waals surface area contributed by atoms with Crippen molar-refractivity contribution in [3.63, 3.8) is 0 Å². The molecule has 29 heavy (non-hydrogen) atoms. The molecule has 0 amide bonds. The lowest BCUT2D eigenvalue weighted by atomic mass is 10.1. The summed E-state index contributed by atoms with van der Waals surface area (Å²) in [6.07, 6.45) is 6.49. The summed E-state index contributed by atoms with van der Waals surface area (Å²) in [5, 5.41) is 8.05. The quantitative estimate of drug-likeness (QED) is 0.259. The van der Waals surface area contributed by atoms with E-state index in [1.54, 1.807) is 23.7 Å². The lowest BCUT2D eigenvalue weighted by Crippen LogP contribution is -1.99. The van der Waals surface area contributed by atoms with Gasteiger partial charge in [0.15, 0.2) is 0 Å². The van der Waals surface area contributed by atoms with Crippen LogP contribution in [0.15, 0.2) is 73.8 Å². The van der Waals surface area contributed by atoms with E-state index in [1.807, 2.05) is 28.9 Å². The smallest absolute Gasteiger partial charge is 0.137 e. The highest BCUT2D eigenvalue weighted by Crippen LogP contribution is 2.06. The minimum atomic E-state index is 0. The first-order valence-electron chi connectivity index (χ1n) is 8.38. The fourth-order valence-corrected chi connectivity index (χ4v) is 2.32. The molecule has 0 aliphatic rings. The average molecular weight is 617 g/mol. The summed E-state index contributed by atoms with van der Waals surface area (Å²) in [5.74, 6) is 0. The maximum absolute atomic E-state index is 5.57. The molecule has 0 unspecified atom stereocenters. The van der Waals surface area contributed by atoms with Crippen LogP contribution in [-0.4, -0.2) is 29.5 Å². The molecule has 0 atom stereocenters. The lowest BCUT2D eigenvalue weighted by Gasteiger charge is -2.00. The van der Waals surface area contributed by atoms with Crippen LogP contribution in [0.4, 0.5) is 5.69 Å². The summed E-state index contributed by atoms with van der Waals surface area (Å²) in [6.45, 7) is 3.61. The molecular weight excluding hydrogens is 592 g/mol. The second kappa shape index (κ2) is 14.0. The summed E-state index contributed by atoms with van der Waals surface area (Å²) in [5.41, 5.74) is 10.0. The number of hydrogen-bond donors (Lipinski definition) is 1. The molecule has 9 heteroatoms. The molecule has 2 aromatic carbocycles. The molecule has 2 heterocycles. The normalized spacial score (nSPS) is 9.34. The van der Waals surface area contributed by atoms with Crippen LogP contribution in [0.1, 0.15) is 24.1 Å². The maximum atomic E-state index is 5.57. The van der Waals surface area contributed by atoms with E-state index < -0.39 is 0 Å². The van der Waals surface area contributed by atoms with E-state index in [2.05, 4.69) is 88.6 Å². The van der Waals surface area contributed by atoms with Crippen LogP contribution >= 0.6 is 37.2 Å². The number of benzene rings is 2.